The van der Waals surface area contributed by atoms with Gasteiger partial charge in [-0.2, -0.15) is 0 Å². The van der Waals surface area contributed by atoms with Crippen LogP contribution in [0.5, 0.6) is 0 Å². The van der Waals surface area contributed by atoms with Crippen molar-refractivity contribution in [3.05, 3.63) is 143 Å². The summed E-state index contributed by atoms with van der Waals surface area (Å²) >= 11 is 0. The van der Waals surface area contributed by atoms with Gasteiger partial charge in [-0.25, -0.2) is 4.79 Å². The molecule has 42 heavy (non-hydrogen) atoms. The van der Waals surface area contributed by atoms with Crippen LogP contribution >= 0.6 is 0 Å². The first-order valence-corrected chi connectivity index (χ1v) is 13.7. The second-order valence-corrected chi connectivity index (χ2v) is 10.1. The van der Waals surface area contributed by atoms with Crippen LogP contribution in [0.15, 0.2) is 109 Å². The third-order valence-corrected chi connectivity index (χ3v) is 6.75. The molecule has 0 bridgehead atoms. The van der Waals surface area contributed by atoms with Gasteiger partial charge in [0.25, 0.3) is 0 Å². The molecule has 0 aliphatic heterocycles. The minimum absolute atomic E-state index is 0.00912. The summed E-state index contributed by atoms with van der Waals surface area (Å²) in [7, 11) is 0. The van der Waals surface area contributed by atoms with Crippen molar-refractivity contribution in [3.63, 3.8) is 0 Å². The molecule has 216 valence electrons. The van der Waals surface area contributed by atoms with Crippen molar-refractivity contribution in [1.82, 2.24) is 10.6 Å². The van der Waals surface area contributed by atoms with Crippen molar-refractivity contribution in [2.24, 2.45) is 5.73 Å². The second-order valence-electron chi connectivity index (χ2n) is 10.1. The summed E-state index contributed by atoms with van der Waals surface area (Å²) in [5.74, 6) is -2.37. The van der Waals surface area contributed by atoms with Gasteiger partial charge in [-0.1, -0.05) is 103 Å². The van der Waals surface area contributed by atoms with Gasteiger partial charge in [-0.15, -0.1) is 0 Å². The molecule has 0 saturated carbocycles. The Balaban J connectivity index is 1.47. The highest BCUT2D eigenvalue weighted by molar-refractivity contribution is 5.92. The molecular formula is C34H35N3O5. The number of amides is 2. The lowest BCUT2D eigenvalue weighted by atomic mass is 9.90. The number of carbonyl (C=O) groups is 3. The van der Waals surface area contributed by atoms with Crippen LogP contribution in [-0.2, 0) is 27.4 Å². The van der Waals surface area contributed by atoms with Crippen molar-refractivity contribution in [2.75, 3.05) is 6.61 Å². The number of hydrogen-bond donors (Lipinski definition) is 4. The number of rotatable bonds is 13. The minimum atomic E-state index is -1.02. The third kappa shape index (κ3) is 8.60. The Morgan fingerprint density at radius 2 is 1.38 bits per heavy atom. The summed E-state index contributed by atoms with van der Waals surface area (Å²) in [5, 5.41) is 14.9. The highest BCUT2D eigenvalue weighted by Gasteiger charge is 2.29. The van der Waals surface area contributed by atoms with Crippen LogP contribution in [0, 0.1) is 6.92 Å². The van der Waals surface area contributed by atoms with Crippen molar-refractivity contribution < 1.29 is 24.2 Å². The molecule has 5 N–H and O–H groups in total. The third-order valence-electron chi connectivity index (χ3n) is 6.75. The normalized spacial score (nSPS) is 12.4. The molecule has 4 aromatic carbocycles. The van der Waals surface area contributed by atoms with E-state index in [1.165, 1.54) is 12.1 Å². The summed E-state index contributed by atoms with van der Waals surface area (Å²) in [6, 6.07) is 32.2. The Morgan fingerprint density at radius 1 is 0.762 bits per heavy atom. The van der Waals surface area contributed by atoms with Crippen LogP contribution in [0.3, 0.4) is 0 Å². The molecule has 2 atom stereocenters. The number of nitrogens with two attached hydrogens (primary N) is 1. The summed E-state index contributed by atoms with van der Waals surface area (Å²) in [5.41, 5.74) is 10.6. The summed E-state index contributed by atoms with van der Waals surface area (Å²) in [6.45, 7) is 2.09. The molecule has 4 aromatic rings. The van der Waals surface area contributed by atoms with Crippen molar-refractivity contribution in [2.45, 2.75) is 38.1 Å². The van der Waals surface area contributed by atoms with E-state index in [9.17, 15) is 19.5 Å². The number of nitrogens with one attached hydrogen (secondary N) is 2. The topological polar surface area (TPSA) is 131 Å². The van der Waals surface area contributed by atoms with Crippen molar-refractivity contribution in [3.8, 4) is 0 Å². The summed E-state index contributed by atoms with van der Waals surface area (Å²) in [4.78, 5) is 38.5. The van der Waals surface area contributed by atoms with Gasteiger partial charge in [0.15, 0.2) is 0 Å². The van der Waals surface area contributed by atoms with E-state index in [-0.39, 0.29) is 31.1 Å². The fourth-order valence-electron chi connectivity index (χ4n) is 4.75. The van der Waals surface area contributed by atoms with Crippen LogP contribution in [0.4, 0.5) is 0 Å². The fraction of sp³-hybridized carbons (Fsp3) is 0.206. The number of carbonyl (C=O) groups excluding carboxylic acids is 2. The van der Waals surface area contributed by atoms with Gasteiger partial charge in [0.2, 0.25) is 11.8 Å². The highest BCUT2D eigenvalue weighted by Crippen LogP contribution is 2.25. The van der Waals surface area contributed by atoms with Crippen molar-refractivity contribution >= 4 is 17.8 Å². The first-order valence-electron chi connectivity index (χ1n) is 13.7. The molecule has 0 radical (unpaired) electrons. The zero-order valence-electron chi connectivity index (χ0n) is 23.4. The quantitative estimate of drug-likeness (QED) is 0.180. The predicted octanol–water partition coefficient (Wildman–Crippen LogP) is 4.17. The number of aromatic carboxylic acids is 1. The molecule has 0 unspecified atom stereocenters. The Hall–Kier alpha value is -4.79. The van der Waals surface area contributed by atoms with Crippen LogP contribution in [0.25, 0.3) is 0 Å². The highest BCUT2D eigenvalue weighted by atomic mass is 16.5. The van der Waals surface area contributed by atoms with E-state index < -0.39 is 30.0 Å². The molecule has 8 heteroatoms. The number of benzene rings is 4. The lowest BCUT2D eigenvalue weighted by Gasteiger charge is -2.25. The summed E-state index contributed by atoms with van der Waals surface area (Å²) < 4.78 is 5.65. The molecule has 4 rings (SSSR count). The zero-order valence-corrected chi connectivity index (χ0v) is 23.4. The minimum Gasteiger partial charge on any atom is -0.478 e. The predicted molar refractivity (Wildman–Crippen MR) is 161 cm³/mol. The van der Waals surface area contributed by atoms with E-state index in [4.69, 9.17) is 10.5 Å². The average Bonchev–Trinajstić information content (AvgIpc) is 2.98. The molecule has 0 spiro atoms. The van der Waals surface area contributed by atoms with Gasteiger partial charge in [0, 0.05) is 6.42 Å². The zero-order chi connectivity index (χ0) is 29.9. The largest absolute Gasteiger partial charge is 0.478 e. The first-order chi connectivity index (χ1) is 20.3. The Bertz CT molecular complexity index is 1450. The van der Waals surface area contributed by atoms with Gasteiger partial charge in [0.05, 0.1) is 24.7 Å². The first kappa shape index (κ1) is 30.2. The molecule has 0 heterocycles. The van der Waals surface area contributed by atoms with Crippen molar-refractivity contribution in [1.29, 1.82) is 0 Å². The molecular weight excluding hydrogens is 530 g/mol. The van der Waals surface area contributed by atoms with Gasteiger partial charge in [-0.3, -0.25) is 9.59 Å². The molecule has 0 aliphatic carbocycles. The van der Waals surface area contributed by atoms with E-state index in [0.29, 0.717) is 5.56 Å². The molecule has 0 aromatic heterocycles. The standard InChI is InChI=1S/C34H35N3O5/c1-23-10-8-11-24(18-23)20-29(32(38)37-30(35)22-42-21-25-12-9-17-28(19-25)34(40)41)36-33(39)31(26-13-4-2-5-14-26)27-15-6-3-7-16-27/h2-19,29-31H,20-22,35H2,1H3,(H,36,39)(H,37,38)(H,40,41)/t29-,30-/m0/s1. The van der Waals surface area contributed by atoms with E-state index >= 15 is 0 Å². The van der Waals surface area contributed by atoms with Gasteiger partial charge in [0.1, 0.15) is 12.2 Å². The number of hydrogen-bond acceptors (Lipinski definition) is 5. The van der Waals surface area contributed by atoms with Gasteiger partial charge >= 0.3 is 5.97 Å². The maximum Gasteiger partial charge on any atom is 0.335 e. The lowest BCUT2D eigenvalue weighted by molar-refractivity contribution is -0.130. The Kier molecular flexibility index (Phi) is 10.6. The molecule has 0 aliphatic rings. The van der Waals surface area contributed by atoms with Gasteiger partial charge in [-0.05, 0) is 41.3 Å². The number of aryl methyl sites for hydroxylation is 1. The maximum absolute atomic E-state index is 13.8. The van der Waals surface area contributed by atoms with Crippen LogP contribution < -0.4 is 16.4 Å². The summed E-state index contributed by atoms with van der Waals surface area (Å²) in [6.07, 6.45) is -0.582. The Labute approximate surface area is 245 Å². The average molecular weight is 566 g/mol. The number of carboxylic acid groups (broad SMARTS) is 1. The van der Waals surface area contributed by atoms with Crippen LogP contribution in [0.1, 0.15) is 44.1 Å². The molecule has 2 amide bonds. The van der Waals surface area contributed by atoms with E-state index in [2.05, 4.69) is 10.6 Å². The monoisotopic (exact) mass is 565 g/mol. The fourth-order valence-corrected chi connectivity index (χ4v) is 4.75. The molecule has 8 nitrogen and oxygen atoms in total. The number of ether oxygens (including phenoxy) is 1. The SMILES string of the molecule is Cc1cccc(C[C@H](NC(=O)C(c2ccccc2)c2ccccc2)C(=O)N[C@H](N)COCc2cccc(C(=O)O)c2)c1. The Morgan fingerprint density at radius 3 is 2.00 bits per heavy atom. The molecule has 0 saturated heterocycles. The van der Waals surface area contributed by atoms with Crippen LogP contribution in [0.2, 0.25) is 0 Å². The van der Waals surface area contributed by atoms with E-state index in [1.807, 2.05) is 91.9 Å². The van der Waals surface area contributed by atoms with E-state index in [0.717, 1.165) is 22.3 Å². The smallest absolute Gasteiger partial charge is 0.335 e. The van der Waals surface area contributed by atoms with E-state index in [1.54, 1.807) is 12.1 Å². The maximum atomic E-state index is 13.8. The second kappa shape index (κ2) is 14.7. The lowest BCUT2D eigenvalue weighted by Crippen LogP contribution is -2.54. The number of carboxylic acids is 1. The molecule has 0 fully saturated rings. The van der Waals surface area contributed by atoms with Crippen LogP contribution in [-0.4, -0.2) is 41.7 Å². The van der Waals surface area contributed by atoms with Gasteiger partial charge < -0.3 is 26.2 Å².